The first-order chi connectivity index (χ1) is 9.69. The van der Waals surface area contributed by atoms with E-state index in [0.29, 0.717) is 18.1 Å². The molecule has 5 heteroatoms. The van der Waals surface area contributed by atoms with Crippen LogP contribution in [-0.2, 0) is 11.2 Å². The van der Waals surface area contributed by atoms with Gasteiger partial charge in [-0.3, -0.25) is 11.3 Å². The van der Waals surface area contributed by atoms with Gasteiger partial charge in [0.05, 0.1) is 6.10 Å². The topological polar surface area (TPSA) is 47.3 Å². The molecule has 0 spiro atoms. The second-order valence-corrected chi connectivity index (χ2v) is 5.37. The Balaban J connectivity index is 1.78. The maximum absolute atomic E-state index is 13.6. The molecule has 0 aliphatic carbocycles. The molecule has 1 aliphatic rings. The summed E-state index contributed by atoms with van der Waals surface area (Å²) in [6, 6.07) is 3.67. The lowest BCUT2D eigenvalue weighted by Gasteiger charge is -2.17. The predicted octanol–water partition coefficient (Wildman–Crippen LogP) is 2.69. The summed E-state index contributed by atoms with van der Waals surface area (Å²) in [5, 5.41) is 0. The van der Waals surface area contributed by atoms with Crippen LogP contribution in [0.2, 0.25) is 0 Å². The van der Waals surface area contributed by atoms with Gasteiger partial charge in [-0.1, -0.05) is 6.07 Å². The fraction of sp³-hybridized carbons (Fsp3) is 0.600. The molecule has 2 unspecified atom stereocenters. The number of benzene rings is 1. The Hall–Kier alpha value is -1.04. The largest absolute Gasteiger partial charge is 0.378 e. The zero-order valence-electron chi connectivity index (χ0n) is 11.6. The molecule has 0 amide bonds. The van der Waals surface area contributed by atoms with Crippen molar-refractivity contribution in [2.24, 2.45) is 5.84 Å². The fourth-order valence-corrected chi connectivity index (χ4v) is 2.66. The molecule has 2 rings (SSSR count). The lowest BCUT2D eigenvalue weighted by atomic mass is 9.99. The van der Waals surface area contributed by atoms with Crippen molar-refractivity contribution in [2.75, 3.05) is 6.61 Å². The van der Waals surface area contributed by atoms with E-state index in [9.17, 15) is 8.78 Å². The van der Waals surface area contributed by atoms with Gasteiger partial charge >= 0.3 is 0 Å². The van der Waals surface area contributed by atoms with Gasteiger partial charge in [-0.05, 0) is 50.2 Å². The molecule has 0 radical (unpaired) electrons. The molecule has 1 aliphatic heterocycles. The van der Waals surface area contributed by atoms with Crippen LogP contribution < -0.4 is 11.3 Å². The molecule has 1 saturated heterocycles. The Kier molecular flexibility index (Phi) is 5.88. The van der Waals surface area contributed by atoms with E-state index in [1.165, 1.54) is 12.1 Å². The van der Waals surface area contributed by atoms with Crippen LogP contribution in [0.25, 0.3) is 0 Å². The van der Waals surface area contributed by atoms with Gasteiger partial charge in [-0.2, -0.15) is 0 Å². The van der Waals surface area contributed by atoms with E-state index in [-0.39, 0.29) is 6.04 Å². The zero-order chi connectivity index (χ0) is 14.4. The molecular weight excluding hydrogens is 262 g/mol. The minimum Gasteiger partial charge on any atom is -0.378 e. The third-order valence-corrected chi connectivity index (χ3v) is 3.82. The molecule has 3 N–H and O–H groups in total. The van der Waals surface area contributed by atoms with Crippen LogP contribution in [0.3, 0.4) is 0 Å². The summed E-state index contributed by atoms with van der Waals surface area (Å²) in [4.78, 5) is 0. The summed E-state index contributed by atoms with van der Waals surface area (Å²) in [6.45, 7) is 0.865. The third-order valence-electron chi connectivity index (χ3n) is 3.82. The van der Waals surface area contributed by atoms with E-state index in [0.717, 1.165) is 44.8 Å². The Labute approximate surface area is 118 Å². The van der Waals surface area contributed by atoms with Crippen molar-refractivity contribution in [3.8, 4) is 0 Å². The summed E-state index contributed by atoms with van der Waals surface area (Å²) < 4.78 is 32.0. The maximum Gasteiger partial charge on any atom is 0.129 e. The minimum atomic E-state index is -0.554. The average Bonchev–Trinajstić information content (AvgIpc) is 2.93. The van der Waals surface area contributed by atoms with Crippen LogP contribution in [0.15, 0.2) is 18.2 Å². The zero-order valence-corrected chi connectivity index (χ0v) is 11.6. The maximum atomic E-state index is 13.6. The van der Waals surface area contributed by atoms with E-state index in [1.807, 2.05) is 0 Å². The van der Waals surface area contributed by atoms with Gasteiger partial charge in [0.1, 0.15) is 11.6 Å². The second kappa shape index (κ2) is 7.67. The first kappa shape index (κ1) is 15.4. The van der Waals surface area contributed by atoms with Crippen molar-refractivity contribution in [1.82, 2.24) is 5.43 Å². The van der Waals surface area contributed by atoms with Crippen LogP contribution in [0, 0.1) is 11.6 Å². The monoisotopic (exact) mass is 284 g/mol. The Morgan fingerprint density at radius 3 is 2.90 bits per heavy atom. The first-order valence-corrected chi connectivity index (χ1v) is 7.20. The molecule has 1 aromatic carbocycles. The molecule has 1 heterocycles. The second-order valence-electron chi connectivity index (χ2n) is 5.37. The number of nitrogens with one attached hydrogen (secondary N) is 1. The number of ether oxygens (including phenoxy) is 1. The lowest BCUT2D eigenvalue weighted by Crippen LogP contribution is -2.37. The van der Waals surface area contributed by atoms with Crippen molar-refractivity contribution in [3.63, 3.8) is 0 Å². The number of nitrogens with two attached hydrogens (primary N) is 1. The smallest absolute Gasteiger partial charge is 0.129 e. The predicted molar refractivity (Wildman–Crippen MR) is 74.0 cm³/mol. The van der Waals surface area contributed by atoms with Crippen LogP contribution in [0.4, 0.5) is 8.78 Å². The number of halogens is 2. The third kappa shape index (κ3) is 4.51. The lowest BCUT2D eigenvalue weighted by molar-refractivity contribution is 0.101. The Morgan fingerprint density at radius 2 is 2.25 bits per heavy atom. The number of hydrazine groups is 1. The van der Waals surface area contributed by atoms with Crippen LogP contribution in [-0.4, -0.2) is 18.8 Å². The summed E-state index contributed by atoms with van der Waals surface area (Å²) >= 11 is 0. The van der Waals surface area contributed by atoms with Gasteiger partial charge in [0.25, 0.3) is 0 Å². The van der Waals surface area contributed by atoms with Crippen molar-refractivity contribution in [2.45, 2.75) is 50.7 Å². The SMILES string of the molecule is NNC(CCCC1CCCO1)Cc1ccc(F)cc1F. The van der Waals surface area contributed by atoms with Gasteiger partial charge in [0, 0.05) is 18.7 Å². The minimum absolute atomic E-state index is 0.00337. The first-order valence-electron chi connectivity index (χ1n) is 7.20. The molecular formula is C15H22F2N2O. The van der Waals surface area contributed by atoms with Gasteiger partial charge in [-0.25, -0.2) is 8.78 Å². The molecule has 1 aromatic rings. The van der Waals surface area contributed by atoms with Crippen molar-refractivity contribution >= 4 is 0 Å². The van der Waals surface area contributed by atoms with Crippen molar-refractivity contribution in [3.05, 3.63) is 35.4 Å². The molecule has 20 heavy (non-hydrogen) atoms. The van der Waals surface area contributed by atoms with Gasteiger partial charge < -0.3 is 4.74 Å². The van der Waals surface area contributed by atoms with E-state index in [4.69, 9.17) is 10.6 Å². The Bertz CT molecular complexity index is 422. The van der Waals surface area contributed by atoms with Crippen LogP contribution in [0.1, 0.15) is 37.7 Å². The van der Waals surface area contributed by atoms with E-state index < -0.39 is 11.6 Å². The van der Waals surface area contributed by atoms with Crippen LogP contribution >= 0.6 is 0 Å². The van der Waals surface area contributed by atoms with Crippen molar-refractivity contribution < 1.29 is 13.5 Å². The highest BCUT2D eigenvalue weighted by atomic mass is 19.1. The average molecular weight is 284 g/mol. The van der Waals surface area contributed by atoms with E-state index >= 15 is 0 Å². The quantitative estimate of drug-likeness (QED) is 0.598. The van der Waals surface area contributed by atoms with Gasteiger partial charge in [0.2, 0.25) is 0 Å². The molecule has 3 nitrogen and oxygen atoms in total. The fourth-order valence-electron chi connectivity index (χ4n) is 2.66. The molecule has 0 saturated carbocycles. The highest BCUT2D eigenvalue weighted by Crippen LogP contribution is 2.19. The van der Waals surface area contributed by atoms with Gasteiger partial charge in [-0.15, -0.1) is 0 Å². The highest BCUT2D eigenvalue weighted by Gasteiger charge is 2.17. The molecule has 0 aromatic heterocycles. The molecule has 0 bridgehead atoms. The summed E-state index contributed by atoms with van der Waals surface area (Å²) in [6.07, 6.45) is 5.97. The molecule has 112 valence electrons. The number of hydrogen-bond acceptors (Lipinski definition) is 3. The summed E-state index contributed by atoms with van der Waals surface area (Å²) in [5.41, 5.74) is 3.21. The molecule has 2 atom stereocenters. The Morgan fingerprint density at radius 1 is 1.40 bits per heavy atom. The summed E-state index contributed by atoms with van der Waals surface area (Å²) in [7, 11) is 0. The normalized spacial score (nSPS) is 20.2. The van der Waals surface area contributed by atoms with Crippen LogP contribution in [0.5, 0.6) is 0 Å². The van der Waals surface area contributed by atoms with Gasteiger partial charge in [0.15, 0.2) is 0 Å². The number of rotatable bonds is 7. The van der Waals surface area contributed by atoms with E-state index in [1.54, 1.807) is 0 Å². The van der Waals surface area contributed by atoms with Crippen molar-refractivity contribution in [1.29, 1.82) is 0 Å². The summed E-state index contributed by atoms with van der Waals surface area (Å²) in [5.74, 6) is 4.45. The standard InChI is InChI=1S/C15H22F2N2O/c16-12-7-6-11(15(17)10-12)9-13(19-18)3-1-4-14-5-2-8-20-14/h6-7,10,13-14,19H,1-5,8-9,18H2. The van der Waals surface area contributed by atoms with E-state index in [2.05, 4.69) is 5.43 Å². The molecule has 1 fully saturated rings. The number of hydrogen-bond donors (Lipinski definition) is 2. The highest BCUT2D eigenvalue weighted by molar-refractivity contribution is 5.19.